The summed E-state index contributed by atoms with van der Waals surface area (Å²) in [5, 5.41) is 0. The first-order valence-electron chi connectivity index (χ1n) is 8.06. The standard InChI is InChI=1S/C18H22O2/c1-18-9-8-14-13-5-3-12(19)10-11(13)2-4-15(14)16(18)6-7-17(18)20/h4,10,13-14,16H,2-3,5-9H2,1H3/t13-,14+,16-,18-/m0/s1. The quantitative estimate of drug-likeness (QED) is 0.630. The maximum absolute atomic E-state index is 12.2. The molecular weight excluding hydrogens is 248 g/mol. The molecule has 0 radical (unpaired) electrons. The topological polar surface area (TPSA) is 34.1 Å². The van der Waals surface area contributed by atoms with E-state index in [-0.39, 0.29) is 5.41 Å². The number of hydrogen-bond acceptors (Lipinski definition) is 2. The number of ketones is 2. The predicted molar refractivity (Wildman–Crippen MR) is 77.1 cm³/mol. The van der Waals surface area contributed by atoms with Gasteiger partial charge in [-0.1, -0.05) is 24.1 Å². The van der Waals surface area contributed by atoms with Crippen molar-refractivity contribution in [3.05, 3.63) is 23.3 Å². The summed E-state index contributed by atoms with van der Waals surface area (Å²) in [6.45, 7) is 2.19. The molecule has 2 fully saturated rings. The highest BCUT2D eigenvalue weighted by Crippen LogP contribution is 2.58. The van der Waals surface area contributed by atoms with Crippen molar-refractivity contribution in [3.8, 4) is 0 Å². The first kappa shape index (κ1) is 12.6. The van der Waals surface area contributed by atoms with Gasteiger partial charge in [0.05, 0.1) is 0 Å². The average molecular weight is 270 g/mol. The van der Waals surface area contributed by atoms with Crippen molar-refractivity contribution in [3.63, 3.8) is 0 Å². The lowest BCUT2D eigenvalue weighted by Gasteiger charge is -2.47. The molecule has 0 amide bonds. The molecule has 2 saturated carbocycles. The first-order chi connectivity index (χ1) is 9.59. The molecule has 0 unspecified atom stereocenters. The predicted octanol–water partition coefficient (Wildman–Crippen LogP) is 3.62. The molecule has 4 atom stereocenters. The third-order valence-electron chi connectivity index (χ3n) is 6.45. The van der Waals surface area contributed by atoms with Gasteiger partial charge in [0.25, 0.3) is 0 Å². The van der Waals surface area contributed by atoms with Crippen LogP contribution in [0.3, 0.4) is 0 Å². The maximum Gasteiger partial charge on any atom is 0.155 e. The second kappa shape index (κ2) is 4.16. The van der Waals surface area contributed by atoms with E-state index >= 15 is 0 Å². The molecule has 0 N–H and O–H groups in total. The lowest BCUT2D eigenvalue weighted by molar-refractivity contribution is -0.127. The SMILES string of the molecule is C[C@]12CC[C@H]3C(=CCC4=CC(=O)CC[C@@H]43)[C@@H]1CCC2=O. The Hall–Kier alpha value is -1.18. The molecule has 20 heavy (non-hydrogen) atoms. The third kappa shape index (κ3) is 1.57. The van der Waals surface area contributed by atoms with Crippen molar-refractivity contribution < 1.29 is 9.59 Å². The van der Waals surface area contributed by atoms with Crippen molar-refractivity contribution in [2.24, 2.45) is 23.2 Å². The average Bonchev–Trinajstić information content (AvgIpc) is 2.74. The van der Waals surface area contributed by atoms with Crippen molar-refractivity contribution in [1.29, 1.82) is 0 Å². The number of allylic oxidation sites excluding steroid dienone is 4. The van der Waals surface area contributed by atoms with Crippen LogP contribution in [-0.4, -0.2) is 11.6 Å². The zero-order valence-electron chi connectivity index (χ0n) is 12.2. The van der Waals surface area contributed by atoms with Gasteiger partial charge in [0.2, 0.25) is 0 Å². The van der Waals surface area contributed by atoms with Crippen LogP contribution in [-0.2, 0) is 9.59 Å². The Labute approximate surface area is 120 Å². The fraction of sp³-hybridized carbons (Fsp3) is 0.667. The van der Waals surface area contributed by atoms with Gasteiger partial charge in [-0.25, -0.2) is 0 Å². The summed E-state index contributed by atoms with van der Waals surface area (Å²) in [4.78, 5) is 23.9. The summed E-state index contributed by atoms with van der Waals surface area (Å²) in [5.41, 5.74) is 2.86. The normalized spacial score (nSPS) is 43.4. The smallest absolute Gasteiger partial charge is 0.155 e. The van der Waals surface area contributed by atoms with E-state index < -0.39 is 0 Å². The fourth-order valence-electron chi connectivity index (χ4n) is 5.30. The Morgan fingerprint density at radius 3 is 2.80 bits per heavy atom. The Morgan fingerprint density at radius 2 is 1.95 bits per heavy atom. The molecule has 0 aromatic heterocycles. The van der Waals surface area contributed by atoms with E-state index in [1.807, 2.05) is 6.08 Å². The van der Waals surface area contributed by atoms with Crippen molar-refractivity contribution in [1.82, 2.24) is 0 Å². The van der Waals surface area contributed by atoms with Crippen LogP contribution < -0.4 is 0 Å². The molecule has 4 aliphatic rings. The van der Waals surface area contributed by atoms with Crippen LogP contribution in [0.25, 0.3) is 0 Å². The van der Waals surface area contributed by atoms with Crippen LogP contribution in [0.5, 0.6) is 0 Å². The zero-order valence-corrected chi connectivity index (χ0v) is 12.2. The Balaban J connectivity index is 1.72. The summed E-state index contributed by atoms with van der Waals surface area (Å²) in [7, 11) is 0. The largest absolute Gasteiger partial charge is 0.299 e. The maximum atomic E-state index is 12.2. The molecule has 0 aliphatic heterocycles. The van der Waals surface area contributed by atoms with Gasteiger partial charge in [-0.15, -0.1) is 0 Å². The van der Waals surface area contributed by atoms with Gasteiger partial charge < -0.3 is 0 Å². The molecule has 106 valence electrons. The van der Waals surface area contributed by atoms with Gasteiger partial charge in [-0.2, -0.15) is 0 Å². The summed E-state index contributed by atoms with van der Waals surface area (Å²) in [5.74, 6) is 2.50. The number of fused-ring (bicyclic) bond motifs is 5. The van der Waals surface area contributed by atoms with E-state index in [4.69, 9.17) is 0 Å². The van der Waals surface area contributed by atoms with Gasteiger partial charge in [0.1, 0.15) is 5.78 Å². The molecule has 0 bridgehead atoms. The van der Waals surface area contributed by atoms with Crippen LogP contribution in [0.4, 0.5) is 0 Å². The second-order valence-corrected chi connectivity index (χ2v) is 7.32. The number of carbonyl (C=O) groups excluding carboxylic acids is 2. The van der Waals surface area contributed by atoms with E-state index in [9.17, 15) is 9.59 Å². The molecule has 0 aromatic carbocycles. The van der Waals surface area contributed by atoms with E-state index in [0.717, 1.165) is 44.9 Å². The highest BCUT2D eigenvalue weighted by atomic mass is 16.1. The van der Waals surface area contributed by atoms with E-state index in [1.165, 1.54) is 5.57 Å². The first-order valence-corrected chi connectivity index (χ1v) is 8.06. The van der Waals surface area contributed by atoms with Gasteiger partial charge in [0, 0.05) is 18.3 Å². The molecule has 2 heteroatoms. The number of rotatable bonds is 0. The molecule has 4 rings (SSSR count). The Bertz CT molecular complexity index is 554. The molecule has 0 spiro atoms. The summed E-state index contributed by atoms with van der Waals surface area (Å²) < 4.78 is 0. The molecule has 2 nitrogen and oxygen atoms in total. The second-order valence-electron chi connectivity index (χ2n) is 7.32. The fourth-order valence-corrected chi connectivity index (χ4v) is 5.30. The van der Waals surface area contributed by atoms with E-state index in [2.05, 4.69) is 13.0 Å². The third-order valence-corrected chi connectivity index (χ3v) is 6.45. The lowest BCUT2D eigenvalue weighted by atomic mass is 9.56. The molecule has 4 aliphatic carbocycles. The highest BCUT2D eigenvalue weighted by Gasteiger charge is 2.53. The molecule has 0 saturated heterocycles. The van der Waals surface area contributed by atoms with Crippen molar-refractivity contribution in [2.45, 2.75) is 51.9 Å². The Morgan fingerprint density at radius 1 is 1.10 bits per heavy atom. The van der Waals surface area contributed by atoms with Crippen LogP contribution in [0.2, 0.25) is 0 Å². The van der Waals surface area contributed by atoms with Crippen LogP contribution in [0.15, 0.2) is 23.3 Å². The Kier molecular flexibility index (Phi) is 2.61. The number of hydrogen-bond donors (Lipinski definition) is 0. The minimum Gasteiger partial charge on any atom is -0.299 e. The van der Waals surface area contributed by atoms with Gasteiger partial charge in [-0.05, 0) is 55.9 Å². The van der Waals surface area contributed by atoms with E-state index in [1.54, 1.807) is 5.57 Å². The highest BCUT2D eigenvalue weighted by molar-refractivity contribution is 5.91. The van der Waals surface area contributed by atoms with E-state index in [0.29, 0.717) is 29.3 Å². The zero-order chi connectivity index (χ0) is 13.9. The molecule has 0 heterocycles. The monoisotopic (exact) mass is 270 g/mol. The summed E-state index contributed by atoms with van der Waals surface area (Å²) >= 11 is 0. The van der Waals surface area contributed by atoms with Crippen LogP contribution >= 0.6 is 0 Å². The van der Waals surface area contributed by atoms with Crippen LogP contribution in [0.1, 0.15) is 51.9 Å². The van der Waals surface area contributed by atoms with Gasteiger partial charge in [0.15, 0.2) is 5.78 Å². The summed E-state index contributed by atoms with van der Waals surface area (Å²) in [6, 6.07) is 0. The molecular formula is C18H22O2. The minimum absolute atomic E-state index is 0.0754. The van der Waals surface area contributed by atoms with Gasteiger partial charge >= 0.3 is 0 Å². The van der Waals surface area contributed by atoms with Crippen molar-refractivity contribution in [2.75, 3.05) is 0 Å². The minimum atomic E-state index is -0.0754. The number of Topliss-reactive ketones (excluding diaryl/α,β-unsaturated/α-hetero) is 1. The lowest BCUT2D eigenvalue weighted by Crippen LogP contribution is -2.41. The van der Waals surface area contributed by atoms with Crippen molar-refractivity contribution >= 4 is 11.6 Å². The molecule has 0 aromatic rings. The van der Waals surface area contributed by atoms with Gasteiger partial charge in [-0.3, -0.25) is 9.59 Å². The number of carbonyl (C=O) groups is 2. The van der Waals surface area contributed by atoms with Crippen LogP contribution in [0, 0.1) is 23.2 Å². The summed E-state index contributed by atoms with van der Waals surface area (Å²) in [6.07, 6.45) is 11.0.